The van der Waals surface area contributed by atoms with Gasteiger partial charge in [-0.05, 0) is 109 Å². The zero-order valence-electron chi connectivity index (χ0n) is 55.0. The van der Waals surface area contributed by atoms with Crippen molar-refractivity contribution in [1.29, 1.82) is 0 Å². The number of carboxylic acid groups (broad SMARTS) is 1. The molecule has 8 heterocycles. The average Bonchev–Trinajstić information content (AvgIpc) is 1.22. The minimum absolute atomic E-state index is 0.0378. The maximum atomic E-state index is 14.1. The molecule has 6 aliphatic heterocycles. The Hall–Kier alpha value is -9.26. The van der Waals surface area contributed by atoms with E-state index < -0.39 is 61.2 Å². The highest BCUT2D eigenvalue weighted by Gasteiger charge is 2.49. The highest BCUT2D eigenvalue weighted by atomic mass is 16.7. The molecule has 4 fully saturated rings. The number of hydrogen-bond donors (Lipinski definition) is 3. The maximum Gasteiger partial charge on any atom is 0.416 e. The fourth-order valence-corrected chi connectivity index (χ4v) is 12.3. The lowest BCUT2D eigenvalue weighted by atomic mass is 10.00. The largest absolute Gasteiger partial charge is 0.493 e. The van der Waals surface area contributed by atoms with Crippen LogP contribution in [0.1, 0.15) is 152 Å². The van der Waals surface area contributed by atoms with Crippen LogP contribution in [0.3, 0.4) is 0 Å². The van der Waals surface area contributed by atoms with Crippen LogP contribution in [0.4, 0.5) is 32.6 Å². The molecule has 3 N–H and O–H groups in total. The molecule has 2 aromatic carbocycles. The zero-order chi connectivity index (χ0) is 68.4. The van der Waals surface area contributed by atoms with Crippen molar-refractivity contribution in [2.45, 2.75) is 147 Å². The smallest absolute Gasteiger partial charge is 0.416 e. The molecule has 4 aromatic rings. The number of rotatable bonds is 25. The van der Waals surface area contributed by atoms with Gasteiger partial charge in [0, 0.05) is 77.8 Å². The summed E-state index contributed by atoms with van der Waals surface area (Å²) in [6, 6.07) is 5.41. The van der Waals surface area contributed by atoms with E-state index in [9.17, 15) is 43.5 Å². The molecule has 0 saturated carbocycles. The first kappa shape index (κ1) is 71.0. The summed E-state index contributed by atoms with van der Waals surface area (Å²) in [5.74, 6) is -1.68. The van der Waals surface area contributed by atoms with Gasteiger partial charge in [0.2, 0.25) is 23.5 Å². The van der Waals surface area contributed by atoms with E-state index in [1.807, 2.05) is 0 Å². The van der Waals surface area contributed by atoms with Gasteiger partial charge >= 0.3 is 24.1 Å². The van der Waals surface area contributed by atoms with E-state index in [0.29, 0.717) is 64.2 Å². The van der Waals surface area contributed by atoms with Gasteiger partial charge < -0.3 is 86.8 Å². The molecule has 4 unspecified atom stereocenters. The standard InChI is InChI=1S/C34H45N5O10.C32H41N5O10/c1-5-16-48-34(43)39-24-20-26(46-18-11-13-28(40)35-27-21-37(3)30(36-27)33(42)45-6-2)25(44-4)19-22(24)31(41)38-15-9-7-12-23(38)32(39)49-29-14-8-10-17-47-29;1-4-14-46-32(42)37-22-18-24(44-16-9-11-26(38)33-25-19-35(2)28(34-25)31(40)41)23(43-3)17-20(22)29(39)36-13-7-5-10-21(36)30(37)47-27-12-6-8-15-45-27/h5,19-21,23,29,32H,1,6-18H2,2-4H3,(H,35,40);4,17-19,21,27,30H,1,5-16H2,2-3H3,(H,33,38)(H,40,41)/t23-,29?,32?;21-,27?,30?/m00/s1. The van der Waals surface area contributed by atoms with Gasteiger partial charge in [-0.2, -0.15) is 0 Å². The second-order valence-electron chi connectivity index (χ2n) is 23.4. The van der Waals surface area contributed by atoms with Gasteiger partial charge in [0.1, 0.15) is 13.2 Å². The van der Waals surface area contributed by atoms with E-state index in [1.165, 1.54) is 64.7 Å². The first-order chi connectivity index (χ1) is 46.5. The van der Waals surface area contributed by atoms with Gasteiger partial charge in [-0.3, -0.25) is 19.2 Å². The molecule has 6 aliphatic rings. The van der Waals surface area contributed by atoms with Crippen LogP contribution in [-0.2, 0) is 56.8 Å². The summed E-state index contributed by atoms with van der Waals surface area (Å²) in [6.07, 6.45) is 12.0. The van der Waals surface area contributed by atoms with Crippen molar-refractivity contribution >= 4 is 70.8 Å². The van der Waals surface area contributed by atoms with E-state index in [1.54, 1.807) is 48.0 Å². The van der Waals surface area contributed by atoms with Crippen LogP contribution in [-0.4, -0.2) is 192 Å². The summed E-state index contributed by atoms with van der Waals surface area (Å²) in [4.78, 5) is 119. The number of methoxy groups -OCH3 is 2. The van der Waals surface area contributed by atoms with Crippen LogP contribution in [0.25, 0.3) is 0 Å². The second kappa shape index (κ2) is 33.9. The van der Waals surface area contributed by atoms with E-state index in [-0.39, 0.29) is 139 Å². The topological polar surface area (TPSA) is 331 Å². The molecule has 0 bridgehead atoms. The summed E-state index contributed by atoms with van der Waals surface area (Å²) >= 11 is 0. The fraction of sp³-hybridized carbons (Fsp3) is 0.545. The summed E-state index contributed by atoms with van der Waals surface area (Å²) in [7, 11) is 6.07. The SMILES string of the molecule is C=CCOC(=O)N1c2cc(OCCCC(=O)Nc3cn(C)c(C(=O)O)n3)c(OC)cc2C(=O)N2CCCC[C@H]2C1OC1CCCCO1.C=CCOC(=O)N1c2cc(OCCCC(=O)Nc3cn(C)c(C(=O)OCC)n3)c(OC)cc2C(=O)N2CCCC[C@H]2C1OC1CCCCO1. The molecular weight excluding hydrogens is 1250 g/mol. The number of hydrogen-bond acceptors (Lipinski definition) is 21. The number of aromatic nitrogens is 4. The van der Waals surface area contributed by atoms with Crippen molar-refractivity contribution in [2.75, 3.05) is 94.0 Å². The third-order valence-electron chi connectivity index (χ3n) is 16.8. The lowest BCUT2D eigenvalue weighted by molar-refractivity contribution is -0.199. The van der Waals surface area contributed by atoms with Gasteiger partial charge in [0.25, 0.3) is 11.8 Å². The molecule has 30 nitrogen and oxygen atoms in total. The number of carboxylic acids is 1. The number of nitrogens with one attached hydrogen (secondary N) is 2. The lowest BCUT2D eigenvalue weighted by Crippen LogP contribution is -2.57. The Balaban J connectivity index is 0.000000226. The number of aryl methyl sites for hydroxylation is 2. The number of nitrogens with zero attached hydrogens (tertiary/aromatic N) is 8. The quantitative estimate of drug-likeness (QED) is 0.0243. The van der Waals surface area contributed by atoms with Crippen LogP contribution in [0.15, 0.2) is 62.0 Å². The third kappa shape index (κ3) is 17.2. The minimum Gasteiger partial charge on any atom is -0.493 e. The van der Waals surface area contributed by atoms with Crippen LogP contribution in [0.5, 0.6) is 23.0 Å². The fourth-order valence-electron chi connectivity index (χ4n) is 12.3. The number of carbonyl (C=O) groups excluding carboxylic acids is 7. The summed E-state index contributed by atoms with van der Waals surface area (Å²) in [6.45, 7) is 11.4. The third-order valence-corrected chi connectivity index (χ3v) is 16.8. The minimum atomic E-state index is -1.21. The van der Waals surface area contributed by atoms with E-state index >= 15 is 0 Å². The average molecular weight is 1340 g/mol. The molecule has 2 aromatic heterocycles. The van der Waals surface area contributed by atoms with Crippen LogP contribution in [0.2, 0.25) is 0 Å². The molecule has 0 radical (unpaired) electrons. The van der Waals surface area contributed by atoms with E-state index in [0.717, 1.165) is 51.4 Å². The highest BCUT2D eigenvalue weighted by Crippen LogP contribution is 2.45. The number of benzene rings is 2. The normalized spacial score (nSPS) is 20.6. The Bertz CT molecular complexity index is 3450. The zero-order valence-corrected chi connectivity index (χ0v) is 55.0. The predicted molar refractivity (Wildman–Crippen MR) is 344 cm³/mol. The van der Waals surface area contributed by atoms with Gasteiger partial charge in [0.15, 0.2) is 59.7 Å². The Morgan fingerprint density at radius 1 is 0.604 bits per heavy atom. The van der Waals surface area contributed by atoms with Crippen LogP contribution in [0, 0.1) is 0 Å². The molecule has 10 rings (SSSR count). The number of ether oxygens (including phenoxy) is 11. The van der Waals surface area contributed by atoms with Crippen molar-refractivity contribution in [2.24, 2.45) is 14.1 Å². The van der Waals surface area contributed by atoms with Gasteiger partial charge in [-0.15, -0.1) is 0 Å². The maximum absolute atomic E-state index is 14.1. The molecule has 96 heavy (non-hydrogen) atoms. The molecular formula is C66H86N10O20. The second-order valence-corrected chi connectivity index (χ2v) is 23.4. The number of amides is 6. The number of fused-ring (bicyclic) bond motifs is 4. The number of carbonyl (C=O) groups is 8. The molecule has 30 heteroatoms. The predicted octanol–water partition coefficient (Wildman–Crippen LogP) is 8.34. The molecule has 0 spiro atoms. The lowest BCUT2D eigenvalue weighted by Gasteiger charge is -2.42. The van der Waals surface area contributed by atoms with Crippen molar-refractivity contribution in [1.82, 2.24) is 28.9 Å². The molecule has 0 aliphatic carbocycles. The Morgan fingerprint density at radius 3 is 1.44 bits per heavy atom. The molecule has 6 amide bonds. The van der Waals surface area contributed by atoms with Crippen molar-refractivity contribution in [3.05, 3.63) is 84.7 Å². The summed E-state index contributed by atoms with van der Waals surface area (Å²) in [5, 5.41) is 14.4. The number of imidazole rings is 2. The Labute approximate surface area is 555 Å². The van der Waals surface area contributed by atoms with E-state index in [4.69, 9.17) is 52.1 Å². The van der Waals surface area contributed by atoms with Crippen LogP contribution < -0.4 is 39.4 Å². The number of aromatic carboxylic acids is 1. The molecule has 6 atom stereocenters. The Morgan fingerprint density at radius 2 is 1.04 bits per heavy atom. The monoisotopic (exact) mass is 1340 g/mol. The first-order valence-corrected chi connectivity index (χ1v) is 32.5. The van der Waals surface area contributed by atoms with Gasteiger partial charge in [-0.25, -0.2) is 38.9 Å². The number of esters is 1. The number of anilines is 4. The van der Waals surface area contributed by atoms with Crippen molar-refractivity contribution in [3.8, 4) is 23.0 Å². The number of piperidine rings is 2. The highest BCUT2D eigenvalue weighted by molar-refractivity contribution is 6.07. The summed E-state index contributed by atoms with van der Waals surface area (Å²) < 4.78 is 67.1. The molecule has 4 saturated heterocycles. The van der Waals surface area contributed by atoms with Crippen LogP contribution >= 0.6 is 0 Å². The van der Waals surface area contributed by atoms with Crippen molar-refractivity contribution < 1.29 is 95.6 Å². The first-order valence-electron chi connectivity index (χ1n) is 32.5. The van der Waals surface area contributed by atoms with E-state index in [2.05, 4.69) is 33.8 Å². The van der Waals surface area contributed by atoms with Crippen molar-refractivity contribution in [3.63, 3.8) is 0 Å². The van der Waals surface area contributed by atoms with Gasteiger partial charge in [0.05, 0.1) is 68.6 Å². The summed E-state index contributed by atoms with van der Waals surface area (Å²) in [5.41, 5.74) is 0.995. The van der Waals surface area contributed by atoms with Gasteiger partial charge in [-0.1, -0.05) is 25.3 Å². The molecule has 520 valence electrons. The Kier molecular flexibility index (Phi) is 25.1.